The van der Waals surface area contributed by atoms with Crippen molar-refractivity contribution in [3.05, 3.63) is 139 Å². The van der Waals surface area contributed by atoms with Gasteiger partial charge in [0.2, 0.25) is 23.6 Å². The molecule has 4 saturated heterocycles. The van der Waals surface area contributed by atoms with Crippen molar-refractivity contribution in [2.24, 2.45) is 11.7 Å². The lowest BCUT2D eigenvalue weighted by molar-refractivity contribution is -0.147. The lowest BCUT2D eigenvalue weighted by Crippen LogP contribution is -2.55. The van der Waals surface area contributed by atoms with Gasteiger partial charge in [0.1, 0.15) is 12.1 Å². The van der Waals surface area contributed by atoms with Crippen LogP contribution in [-0.2, 0) is 49.8 Å². The second kappa shape index (κ2) is 28.1. The first kappa shape index (κ1) is 60.2. The molecule has 0 bridgehead atoms. The molecule has 4 amide bonds. The van der Waals surface area contributed by atoms with Crippen molar-refractivity contribution >= 4 is 82.4 Å². The van der Waals surface area contributed by atoms with Crippen LogP contribution in [0, 0.1) is 5.92 Å². The van der Waals surface area contributed by atoms with Gasteiger partial charge in [-0.05, 0) is 125 Å². The summed E-state index contributed by atoms with van der Waals surface area (Å²) in [5, 5.41) is 17.7. The first-order valence-electron chi connectivity index (χ1n) is 26.0. The number of benzene rings is 4. The number of nitrogens with two attached hydrogens (primary N) is 1. The summed E-state index contributed by atoms with van der Waals surface area (Å²) >= 11 is 24.3. The highest BCUT2D eigenvalue weighted by Crippen LogP contribution is 2.34. The highest BCUT2D eigenvalue weighted by Gasteiger charge is 2.47. The smallest absolute Gasteiger partial charge is 0.245 e. The molecule has 4 fully saturated rings. The Bertz CT molecular complexity index is 2520. The highest BCUT2D eigenvalue weighted by molar-refractivity contribution is 6.42. The number of carbonyl (C=O) groups is 4. The minimum absolute atomic E-state index is 0. The SMILES string of the molecule is C[C@@H]1C[C@H]2C(=O)N([C@H](COC(C)(C)C)C(=O)NCc3ccc(Cl)c(Cl)c3)CCC(CCc3ccccc3)N2C1.Cl.N[C@@H]1C[C@H]2C(=O)N([C@H](CO)C(=O)NCc3ccc(Cl)c(Cl)c3)CCC(CCc3ccccc3)N2C1. The Hall–Kier alpha value is -3.99. The Morgan fingerprint density at radius 1 is 0.667 bits per heavy atom. The van der Waals surface area contributed by atoms with Crippen molar-refractivity contribution in [2.75, 3.05) is 39.4 Å². The predicted molar refractivity (Wildman–Crippen MR) is 301 cm³/mol. The molecule has 18 heteroatoms. The van der Waals surface area contributed by atoms with Crippen molar-refractivity contribution in [2.45, 2.75) is 140 Å². The Kier molecular flexibility index (Phi) is 22.5. The van der Waals surface area contributed by atoms with Crippen molar-refractivity contribution < 1.29 is 29.0 Å². The maximum Gasteiger partial charge on any atom is 0.245 e. The summed E-state index contributed by atoms with van der Waals surface area (Å²) in [6.07, 6.45) is 6.69. The van der Waals surface area contributed by atoms with E-state index in [4.69, 9.17) is 56.9 Å². The van der Waals surface area contributed by atoms with E-state index in [1.807, 2.05) is 51.1 Å². The van der Waals surface area contributed by atoms with Gasteiger partial charge in [0, 0.05) is 57.4 Å². The van der Waals surface area contributed by atoms with Crippen molar-refractivity contribution in [1.29, 1.82) is 0 Å². The number of aryl methyl sites for hydroxylation is 2. The van der Waals surface area contributed by atoms with E-state index in [0.29, 0.717) is 52.1 Å². The summed E-state index contributed by atoms with van der Waals surface area (Å²) in [4.78, 5) is 62.2. The summed E-state index contributed by atoms with van der Waals surface area (Å²) in [6, 6.07) is 29.4. The fourth-order valence-electron chi connectivity index (χ4n) is 10.8. The second-order valence-electron chi connectivity index (χ2n) is 21.3. The fraction of sp³-hybridized carbons (Fsp3) is 0.509. The molecule has 4 aromatic carbocycles. The largest absolute Gasteiger partial charge is 0.394 e. The maximum absolute atomic E-state index is 14.0. The second-order valence-corrected chi connectivity index (χ2v) is 23.0. The van der Waals surface area contributed by atoms with Gasteiger partial charge in [-0.15, -0.1) is 12.4 Å². The topological polar surface area (TPSA) is 161 Å². The zero-order valence-electron chi connectivity index (χ0n) is 43.4. The van der Waals surface area contributed by atoms with Crippen LogP contribution in [0.4, 0.5) is 0 Å². The van der Waals surface area contributed by atoms with Crippen molar-refractivity contribution in [1.82, 2.24) is 30.2 Å². The van der Waals surface area contributed by atoms with Gasteiger partial charge in [0.15, 0.2) is 0 Å². The molecular weight excluding hydrogens is 1060 g/mol. The van der Waals surface area contributed by atoms with Gasteiger partial charge in [0.05, 0.1) is 51.0 Å². The van der Waals surface area contributed by atoms with Crippen LogP contribution in [0.1, 0.15) is 88.5 Å². The number of carbonyl (C=O) groups excluding carboxylic acids is 4. The molecule has 0 aliphatic carbocycles. The summed E-state index contributed by atoms with van der Waals surface area (Å²) < 4.78 is 6.10. The van der Waals surface area contributed by atoms with Crippen LogP contribution < -0.4 is 16.4 Å². The number of hydrogen-bond donors (Lipinski definition) is 4. The van der Waals surface area contributed by atoms with E-state index in [-0.39, 0.29) is 80.0 Å². The van der Waals surface area contributed by atoms with Gasteiger partial charge in [0.25, 0.3) is 0 Å². The lowest BCUT2D eigenvalue weighted by Gasteiger charge is -2.34. The molecule has 2 unspecified atom stereocenters. The first-order valence-corrected chi connectivity index (χ1v) is 27.5. The third kappa shape index (κ3) is 16.5. The Morgan fingerprint density at radius 3 is 1.59 bits per heavy atom. The quantitative estimate of drug-likeness (QED) is 0.0811. The predicted octanol–water partition coefficient (Wildman–Crippen LogP) is 8.77. The van der Waals surface area contributed by atoms with Gasteiger partial charge < -0.3 is 36.0 Å². The molecule has 0 aromatic heterocycles. The van der Waals surface area contributed by atoms with Crippen LogP contribution in [0.2, 0.25) is 20.1 Å². The van der Waals surface area contributed by atoms with E-state index in [1.54, 1.807) is 40.1 Å². The van der Waals surface area contributed by atoms with Crippen LogP contribution in [0.25, 0.3) is 0 Å². The summed E-state index contributed by atoms with van der Waals surface area (Å²) in [7, 11) is 0. The van der Waals surface area contributed by atoms with Gasteiger partial charge >= 0.3 is 0 Å². The molecule has 408 valence electrons. The van der Waals surface area contributed by atoms with Crippen LogP contribution >= 0.6 is 58.8 Å². The highest BCUT2D eigenvalue weighted by atomic mass is 35.5. The van der Waals surface area contributed by atoms with E-state index in [1.165, 1.54) is 11.1 Å². The fourth-order valence-corrected chi connectivity index (χ4v) is 11.5. The number of aliphatic hydroxyl groups is 1. The minimum atomic E-state index is -0.961. The van der Waals surface area contributed by atoms with Crippen LogP contribution in [0.3, 0.4) is 0 Å². The average molecular weight is 1130 g/mol. The Morgan fingerprint density at radius 2 is 1.12 bits per heavy atom. The Labute approximate surface area is 469 Å². The van der Waals surface area contributed by atoms with E-state index < -0.39 is 30.2 Å². The summed E-state index contributed by atoms with van der Waals surface area (Å²) in [5.41, 5.74) is 10.0. The van der Waals surface area contributed by atoms with Gasteiger partial charge in [-0.1, -0.05) is 126 Å². The van der Waals surface area contributed by atoms with Gasteiger partial charge in [-0.2, -0.15) is 0 Å². The average Bonchev–Trinajstić information content (AvgIpc) is 3.91. The third-order valence-electron chi connectivity index (χ3n) is 14.7. The van der Waals surface area contributed by atoms with E-state index in [2.05, 4.69) is 63.8 Å². The number of aliphatic hydroxyl groups excluding tert-OH is 1. The number of halogens is 5. The molecular formula is C57H74Cl5N7O6. The first-order chi connectivity index (χ1) is 35.4. The number of amides is 4. The normalized spacial score (nSPS) is 22.9. The van der Waals surface area contributed by atoms with E-state index in [0.717, 1.165) is 62.6 Å². The lowest BCUT2D eigenvalue weighted by atomic mass is 10.0. The molecule has 5 N–H and O–H groups in total. The maximum atomic E-state index is 14.0. The van der Waals surface area contributed by atoms with E-state index >= 15 is 0 Å². The summed E-state index contributed by atoms with van der Waals surface area (Å²) in [5.74, 6) is -0.286. The van der Waals surface area contributed by atoms with Gasteiger partial charge in [-0.25, -0.2) is 0 Å². The van der Waals surface area contributed by atoms with Crippen molar-refractivity contribution in [3.8, 4) is 0 Å². The zero-order chi connectivity index (χ0) is 53.1. The number of nitrogens with one attached hydrogen (secondary N) is 2. The molecule has 0 saturated carbocycles. The van der Waals surface area contributed by atoms with E-state index in [9.17, 15) is 24.3 Å². The summed E-state index contributed by atoms with van der Waals surface area (Å²) in [6.45, 7) is 10.8. The molecule has 8 rings (SSSR count). The van der Waals surface area contributed by atoms with Crippen molar-refractivity contribution in [3.63, 3.8) is 0 Å². The molecule has 13 nitrogen and oxygen atoms in total. The van der Waals surface area contributed by atoms with Crippen LogP contribution in [0.15, 0.2) is 97.1 Å². The third-order valence-corrected chi connectivity index (χ3v) is 16.2. The zero-order valence-corrected chi connectivity index (χ0v) is 47.3. The number of nitrogens with zero attached hydrogens (tertiary/aromatic N) is 4. The van der Waals surface area contributed by atoms with Gasteiger partial charge in [-0.3, -0.25) is 29.0 Å². The minimum Gasteiger partial charge on any atom is -0.394 e. The number of fused-ring (bicyclic) bond motifs is 2. The number of ether oxygens (including phenoxy) is 1. The molecule has 0 radical (unpaired) electrons. The Balaban J connectivity index is 0.000000242. The monoisotopic (exact) mass is 1130 g/mol. The van der Waals surface area contributed by atoms with Crippen LogP contribution in [-0.4, -0.2) is 136 Å². The molecule has 4 aliphatic rings. The molecule has 4 aliphatic heterocycles. The molecule has 0 spiro atoms. The molecule has 75 heavy (non-hydrogen) atoms. The molecule has 8 atom stereocenters. The molecule has 4 heterocycles. The number of hydrogen-bond acceptors (Lipinski definition) is 9. The number of rotatable bonds is 17. The standard InChI is InChI=1S/C31H41Cl2N3O3.C26H32Cl2N4O3.ClH/c1-21-16-27-30(38)35(15-14-24(36(27)19-21)12-10-22-8-6-5-7-9-22)28(20-39-31(2,3)4)29(37)34-18-23-11-13-25(32)26(33)17-23;27-21-9-7-18(12-22(21)28)14-30-25(34)24(16-33)31-11-10-20(8-6-17-4-2-1-3-5-17)32-15-19(29)13-23(32)26(31)35;/h5-9,11,13,17,21,24,27-28H,10,12,14-16,18-20H2,1-4H3,(H,34,37);1-5,7,9,12,19-20,23-24,33H,6,8,10-11,13-16,29H2,(H,30,34);1H/t21-,24?,27+,28-;19-,20?,23+,24-;/m11./s1. The molecule has 4 aromatic rings. The van der Waals surface area contributed by atoms with Crippen LogP contribution in [0.5, 0.6) is 0 Å².